The summed E-state index contributed by atoms with van der Waals surface area (Å²) in [7, 11) is 0. The molecule has 4 rings (SSSR count). The Morgan fingerprint density at radius 3 is 1.05 bits per heavy atom. The Morgan fingerprint density at radius 2 is 0.818 bits per heavy atom. The lowest BCUT2D eigenvalue weighted by Crippen LogP contribution is -2.66. The molecule has 2 fully saturated rings. The molecule has 0 aromatic carbocycles. The normalized spacial score (nSPS) is 44.9. The maximum atomic E-state index is 12.1. The number of ketones is 4. The van der Waals surface area contributed by atoms with Crippen molar-refractivity contribution in [2.75, 3.05) is 0 Å². The zero-order valence-electron chi connectivity index (χ0n) is 13.4. The van der Waals surface area contributed by atoms with Gasteiger partial charge in [0.2, 0.25) is 0 Å². The van der Waals surface area contributed by atoms with Crippen LogP contribution in [0.1, 0.15) is 27.7 Å². The molecular formula is C18H22O4. The van der Waals surface area contributed by atoms with Crippen LogP contribution in [0.2, 0.25) is 0 Å². The lowest BCUT2D eigenvalue weighted by atomic mass is 9.38. The van der Waals surface area contributed by atoms with Gasteiger partial charge in [0.1, 0.15) is 23.1 Å². The van der Waals surface area contributed by atoms with Gasteiger partial charge in [0.15, 0.2) is 0 Å². The van der Waals surface area contributed by atoms with E-state index in [4.69, 9.17) is 0 Å². The second kappa shape index (κ2) is 4.97. The van der Waals surface area contributed by atoms with Crippen LogP contribution in [0.4, 0.5) is 0 Å². The minimum absolute atomic E-state index is 0.0200. The van der Waals surface area contributed by atoms with Gasteiger partial charge in [-0.05, 0) is 51.4 Å². The van der Waals surface area contributed by atoms with Gasteiger partial charge in [0.25, 0.3) is 0 Å². The first-order chi connectivity index (χ1) is 10.3. The van der Waals surface area contributed by atoms with Gasteiger partial charge in [-0.15, -0.1) is 0 Å². The van der Waals surface area contributed by atoms with Crippen molar-refractivity contribution in [2.24, 2.45) is 47.3 Å². The summed E-state index contributed by atoms with van der Waals surface area (Å²) in [6.45, 7) is 6.14. The van der Waals surface area contributed by atoms with E-state index >= 15 is 0 Å². The molecule has 8 unspecified atom stereocenters. The van der Waals surface area contributed by atoms with Crippen LogP contribution in [0.25, 0.3) is 0 Å². The van der Waals surface area contributed by atoms with Gasteiger partial charge in [0, 0.05) is 23.7 Å². The van der Waals surface area contributed by atoms with Crippen molar-refractivity contribution in [2.45, 2.75) is 27.7 Å². The van der Waals surface area contributed by atoms with Crippen molar-refractivity contribution in [3.8, 4) is 0 Å². The van der Waals surface area contributed by atoms with E-state index in [0.717, 1.165) is 0 Å². The largest absolute Gasteiger partial charge is 0.300 e. The highest BCUT2D eigenvalue weighted by atomic mass is 16.1. The molecule has 4 heteroatoms. The number of allylic oxidation sites excluding steroid dienone is 2. The first-order valence-electron chi connectivity index (χ1n) is 7.97. The van der Waals surface area contributed by atoms with Crippen LogP contribution < -0.4 is 0 Å². The summed E-state index contributed by atoms with van der Waals surface area (Å²) in [6.07, 6.45) is 4.03. The van der Waals surface area contributed by atoms with Crippen molar-refractivity contribution in [1.29, 1.82) is 0 Å². The van der Waals surface area contributed by atoms with Crippen LogP contribution >= 0.6 is 0 Å². The number of hydrogen-bond acceptors (Lipinski definition) is 4. The summed E-state index contributed by atoms with van der Waals surface area (Å²) in [4.78, 5) is 48.3. The van der Waals surface area contributed by atoms with E-state index in [1.165, 1.54) is 27.7 Å². The Hall–Kier alpha value is -1.58. The smallest absolute Gasteiger partial charge is 0.134 e. The van der Waals surface area contributed by atoms with E-state index in [-0.39, 0.29) is 70.5 Å². The third kappa shape index (κ3) is 1.82. The number of carbonyl (C=O) groups excluding carboxylic acids is 4. The van der Waals surface area contributed by atoms with Gasteiger partial charge >= 0.3 is 0 Å². The fourth-order valence-corrected chi connectivity index (χ4v) is 5.61. The summed E-state index contributed by atoms with van der Waals surface area (Å²) >= 11 is 0. The average Bonchev–Trinajstić information content (AvgIpc) is 2.36. The highest BCUT2D eigenvalue weighted by Crippen LogP contribution is 2.65. The maximum Gasteiger partial charge on any atom is 0.134 e. The Labute approximate surface area is 130 Å². The predicted molar refractivity (Wildman–Crippen MR) is 79.8 cm³/mol. The number of carbonyl (C=O) groups is 4. The molecule has 4 aliphatic rings. The fraction of sp³-hybridized carbons (Fsp3) is 0.667. The van der Waals surface area contributed by atoms with E-state index in [1.54, 1.807) is 0 Å². The molecule has 4 nitrogen and oxygen atoms in total. The Bertz CT molecular complexity index is 550. The summed E-state index contributed by atoms with van der Waals surface area (Å²) in [5.41, 5.74) is 0. The summed E-state index contributed by atoms with van der Waals surface area (Å²) in [6, 6.07) is 0. The summed E-state index contributed by atoms with van der Waals surface area (Å²) < 4.78 is 0. The van der Waals surface area contributed by atoms with Crippen molar-refractivity contribution >= 4 is 23.1 Å². The van der Waals surface area contributed by atoms with Gasteiger partial charge in [-0.1, -0.05) is 12.2 Å². The number of rotatable bonds is 4. The number of Topliss-reactive ketones (excluding diaryl/α,β-unsaturated/α-hetero) is 4. The molecule has 2 bridgehead atoms. The molecule has 0 aromatic heterocycles. The van der Waals surface area contributed by atoms with Gasteiger partial charge in [0.05, 0.1) is 0 Å². The van der Waals surface area contributed by atoms with Crippen LogP contribution in [-0.2, 0) is 19.2 Å². The van der Waals surface area contributed by atoms with E-state index in [1.807, 2.05) is 12.2 Å². The molecule has 4 aliphatic carbocycles. The minimum atomic E-state index is -0.330. The van der Waals surface area contributed by atoms with Gasteiger partial charge < -0.3 is 0 Å². The van der Waals surface area contributed by atoms with Crippen molar-refractivity contribution in [3.63, 3.8) is 0 Å². The van der Waals surface area contributed by atoms with Crippen molar-refractivity contribution in [3.05, 3.63) is 12.2 Å². The van der Waals surface area contributed by atoms with Gasteiger partial charge in [-0.2, -0.15) is 0 Å². The van der Waals surface area contributed by atoms with Crippen LogP contribution in [0.15, 0.2) is 12.2 Å². The van der Waals surface area contributed by atoms with E-state index in [2.05, 4.69) is 0 Å². The van der Waals surface area contributed by atoms with E-state index in [9.17, 15) is 19.2 Å². The highest BCUT2D eigenvalue weighted by Gasteiger charge is 2.67. The zero-order chi connectivity index (χ0) is 16.3. The summed E-state index contributed by atoms with van der Waals surface area (Å²) in [5, 5.41) is 0. The molecule has 22 heavy (non-hydrogen) atoms. The molecule has 0 radical (unpaired) electrons. The van der Waals surface area contributed by atoms with Gasteiger partial charge in [-0.25, -0.2) is 0 Å². The van der Waals surface area contributed by atoms with Crippen LogP contribution in [0.5, 0.6) is 0 Å². The zero-order valence-corrected chi connectivity index (χ0v) is 13.4. The SMILES string of the molecule is CC(=O)C1C2C=CC(C1C(C)=O)C1C(C(C)=O)C(C(C)=O)C21. The molecule has 2 saturated carbocycles. The van der Waals surface area contributed by atoms with Crippen LogP contribution in [0, 0.1) is 47.3 Å². The molecule has 0 N–H and O–H groups in total. The Kier molecular flexibility index (Phi) is 3.46. The van der Waals surface area contributed by atoms with Crippen molar-refractivity contribution in [1.82, 2.24) is 0 Å². The maximum absolute atomic E-state index is 12.1. The lowest BCUT2D eigenvalue weighted by Gasteiger charge is -2.64. The van der Waals surface area contributed by atoms with E-state index < -0.39 is 0 Å². The van der Waals surface area contributed by atoms with E-state index in [0.29, 0.717) is 0 Å². The first-order valence-corrected chi connectivity index (χ1v) is 7.97. The second-order valence-corrected chi connectivity index (χ2v) is 7.24. The molecule has 118 valence electrons. The fourth-order valence-electron chi connectivity index (χ4n) is 5.61. The molecule has 0 heterocycles. The third-order valence-corrected chi connectivity index (χ3v) is 6.20. The lowest BCUT2D eigenvalue weighted by molar-refractivity contribution is -0.180. The standard InChI is InChI=1S/C18H22O4/c1-7(19)13-11-5-6-12(14(13)8(2)20)18-16(10(4)22)15(9(3)21)17(11)18/h5-6,11-18H,1-4H3. The summed E-state index contributed by atoms with van der Waals surface area (Å²) in [5.74, 6) is -1.18. The first kappa shape index (κ1) is 15.3. The molecule has 0 saturated heterocycles. The molecule has 8 atom stereocenters. The molecule has 0 aliphatic heterocycles. The monoisotopic (exact) mass is 302 g/mol. The molecular weight excluding hydrogens is 280 g/mol. The van der Waals surface area contributed by atoms with Gasteiger partial charge in [-0.3, -0.25) is 19.2 Å². The van der Waals surface area contributed by atoms with Crippen LogP contribution in [0.3, 0.4) is 0 Å². The topological polar surface area (TPSA) is 68.3 Å². The third-order valence-electron chi connectivity index (χ3n) is 6.20. The number of hydrogen-bond donors (Lipinski definition) is 0. The second-order valence-electron chi connectivity index (χ2n) is 7.24. The van der Waals surface area contributed by atoms with Crippen molar-refractivity contribution < 1.29 is 19.2 Å². The highest BCUT2D eigenvalue weighted by molar-refractivity contribution is 5.93. The Morgan fingerprint density at radius 1 is 0.545 bits per heavy atom. The molecule has 0 spiro atoms. The number of fused-ring (bicyclic) bond motifs is 1. The predicted octanol–water partition coefficient (Wildman–Crippen LogP) is 1.87. The minimum Gasteiger partial charge on any atom is -0.300 e. The van der Waals surface area contributed by atoms with Crippen LogP contribution in [-0.4, -0.2) is 23.1 Å². The average molecular weight is 302 g/mol. The molecule has 0 amide bonds. The quantitative estimate of drug-likeness (QED) is 0.743. The molecule has 0 aromatic rings. The Balaban J connectivity index is 2.06.